The van der Waals surface area contributed by atoms with Gasteiger partial charge in [0.25, 0.3) is 0 Å². The van der Waals surface area contributed by atoms with Crippen LogP contribution in [-0.2, 0) is 0 Å². The summed E-state index contributed by atoms with van der Waals surface area (Å²) in [7, 11) is 0. The van der Waals surface area contributed by atoms with Gasteiger partial charge in [0.05, 0.1) is 17.7 Å². The normalized spacial score (nSPS) is 23.7. The molecule has 0 unspecified atom stereocenters. The van der Waals surface area contributed by atoms with Crippen molar-refractivity contribution < 1.29 is 18.7 Å². The zero-order chi connectivity index (χ0) is 26.0. The molecule has 0 aliphatic heterocycles. The van der Waals surface area contributed by atoms with Gasteiger partial charge in [-0.1, -0.05) is 45.4 Å². The van der Waals surface area contributed by atoms with E-state index in [1.165, 1.54) is 89.2 Å². The predicted octanol–water partition coefficient (Wildman–Crippen LogP) is 8.49. The Balaban J connectivity index is 1.16. The first-order chi connectivity index (χ1) is 18.1. The first kappa shape index (κ1) is 27.2. The molecule has 2 saturated carbocycles. The van der Waals surface area contributed by atoms with Crippen LogP contribution in [0, 0.1) is 40.8 Å². The quantitative estimate of drug-likeness (QED) is 0.184. The fourth-order valence-electron chi connectivity index (χ4n) is 6.17. The number of hydrogen-bond donors (Lipinski definition) is 0. The summed E-state index contributed by atoms with van der Waals surface area (Å²) in [6.07, 6.45) is 16.5. The van der Waals surface area contributed by atoms with Gasteiger partial charge >= 0.3 is 5.97 Å². The van der Waals surface area contributed by atoms with E-state index >= 15 is 0 Å². The molecular weight excluding hydrogens is 465 g/mol. The van der Waals surface area contributed by atoms with E-state index in [1.807, 2.05) is 0 Å². The van der Waals surface area contributed by atoms with Crippen molar-refractivity contribution in [3.8, 4) is 17.6 Å². The maximum Gasteiger partial charge on any atom is 0.343 e. The molecule has 4 rings (SSSR count). The van der Waals surface area contributed by atoms with Crippen LogP contribution in [0.25, 0.3) is 0 Å². The number of rotatable bonds is 10. The van der Waals surface area contributed by atoms with Crippen LogP contribution in [0.2, 0.25) is 0 Å². The number of carbonyl (C=O) groups excluding carboxylic acids is 1. The molecule has 4 nitrogen and oxygen atoms in total. The van der Waals surface area contributed by atoms with Crippen LogP contribution in [0.5, 0.6) is 11.5 Å². The number of ether oxygens (including phenoxy) is 2. The van der Waals surface area contributed by atoms with Crippen LogP contribution in [0.1, 0.15) is 99.9 Å². The summed E-state index contributed by atoms with van der Waals surface area (Å²) in [6, 6.07) is 12.4. The molecule has 198 valence electrons. The molecule has 0 bridgehead atoms. The first-order valence-electron chi connectivity index (χ1n) is 14.2. The summed E-state index contributed by atoms with van der Waals surface area (Å²) in [6.45, 7) is 3.00. The molecule has 0 N–H and O–H groups in total. The summed E-state index contributed by atoms with van der Waals surface area (Å²) in [5.41, 5.74) is 0.271. The van der Waals surface area contributed by atoms with Crippen molar-refractivity contribution in [3.05, 3.63) is 59.4 Å². The van der Waals surface area contributed by atoms with E-state index in [0.29, 0.717) is 18.1 Å². The Labute approximate surface area is 221 Å². The number of halogens is 1. The topological polar surface area (TPSA) is 59.3 Å². The van der Waals surface area contributed by atoms with Crippen molar-refractivity contribution in [1.82, 2.24) is 0 Å². The largest absolute Gasteiger partial charge is 0.493 e. The lowest BCUT2D eigenvalue weighted by Crippen LogP contribution is -2.27. The fourth-order valence-corrected chi connectivity index (χ4v) is 6.17. The summed E-state index contributed by atoms with van der Waals surface area (Å²) >= 11 is 0. The fraction of sp³-hybridized carbons (Fsp3) is 0.562. The number of carbonyl (C=O) groups is 1. The van der Waals surface area contributed by atoms with Gasteiger partial charge in [-0.15, -0.1) is 0 Å². The minimum Gasteiger partial charge on any atom is -0.493 e. The van der Waals surface area contributed by atoms with E-state index < -0.39 is 11.8 Å². The van der Waals surface area contributed by atoms with Crippen molar-refractivity contribution in [2.45, 2.75) is 84.0 Å². The number of esters is 1. The van der Waals surface area contributed by atoms with Crippen molar-refractivity contribution in [3.63, 3.8) is 0 Å². The van der Waals surface area contributed by atoms with E-state index in [9.17, 15) is 9.18 Å². The minimum absolute atomic E-state index is 0.0671. The van der Waals surface area contributed by atoms with Crippen LogP contribution in [0.15, 0.2) is 42.5 Å². The second-order valence-corrected chi connectivity index (χ2v) is 11.0. The van der Waals surface area contributed by atoms with Gasteiger partial charge in [-0.3, -0.25) is 0 Å². The molecular formula is C32H40FNO3. The van der Waals surface area contributed by atoms with Crippen LogP contribution in [0.4, 0.5) is 4.39 Å². The lowest BCUT2D eigenvalue weighted by molar-refractivity contribution is 0.0734. The highest BCUT2D eigenvalue weighted by Crippen LogP contribution is 2.42. The summed E-state index contributed by atoms with van der Waals surface area (Å²) in [5, 5.41) is 8.81. The molecule has 2 fully saturated rings. The molecule has 0 saturated heterocycles. The Morgan fingerprint density at radius 1 is 0.892 bits per heavy atom. The molecule has 0 spiro atoms. The van der Waals surface area contributed by atoms with Gasteiger partial charge in [-0.2, -0.15) is 5.26 Å². The minimum atomic E-state index is -0.712. The van der Waals surface area contributed by atoms with Gasteiger partial charge in [0, 0.05) is 6.07 Å². The van der Waals surface area contributed by atoms with Crippen LogP contribution in [-0.4, -0.2) is 12.6 Å². The summed E-state index contributed by atoms with van der Waals surface area (Å²) < 4.78 is 25.0. The second kappa shape index (κ2) is 13.6. The molecule has 0 heterocycles. The third-order valence-corrected chi connectivity index (χ3v) is 8.51. The van der Waals surface area contributed by atoms with Crippen molar-refractivity contribution >= 4 is 5.97 Å². The smallest absolute Gasteiger partial charge is 0.343 e. The maximum absolute atomic E-state index is 13.7. The first-order valence-corrected chi connectivity index (χ1v) is 14.2. The molecule has 2 aliphatic carbocycles. The highest BCUT2D eigenvalue weighted by molar-refractivity contribution is 5.91. The van der Waals surface area contributed by atoms with Gasteiger partial charge in [-0.05, 0) is 98.6 Å². The zero-order valence-electron chi connectivity index (χ0n) is 22.1. The van der Waals surface area contributed by atoms with Gasteiger partial charge in [0.15, 0.2) is 0 Å². The highest BCUT2D eigenvalue weighted by Gasteiger charge is 2.31. The third-order valence-electron chi connectivity index (χ3n) is 8.51. The average Bonchev–Trinajstić information content (AvgIpc) is 2.93. The molecule has 37 heavy (non-hydrogen) atoms. The Hall–Kier alpha value is -2.87. The number of benzene rings is 2. The zero-order valence-corrected chi connectivity index (χ0v) is 22.1. The standard InChI is InChI=1S/C32H40FNO3/c1-2-3-4-5-23-6-10-25(11-7-23)26-12-8-24(9-13-26)22-36-29-17-14-27(15-18-29)32(35)37-30-19-16-28(21-34)31(33)20-30/h14-20,23-26H,2-13,22H2,1H3/t23-,24-,25-,26-. The summed E-state index contributed by atoms with van der Waals surface area (Å²) in [5.74, 6) is 2.94. The van der Waals surface area contributed by atoms with E-state index in [1.54, 1.807) is 30.3 Å². The van der Waals surface area contributed by atoms with Crippen molar-refractivity contribution in [2.24, 2.45) is 23.7 Å². The molecule has 2 aromatic rings. The van der Waals surface area contributed by atoms with E-state index in [0.717, 1.165) is 29.6 Å². The lowest BCUT2D eigenvalue weighted by Gasteiger charge is -2.38. The van der Waals surface area contributed by atoms with Gasteiger partial charge < -0.3 is 9.47 Å². The molecule has 0 aromatic heterocycles. The van der Waals surface area contributed by atoms with Crippen LogP contribution >= 0.6 is 0 Å². The van der Waals surface area contributed by atoms with Gasteiger partial charge in [-0.25, -0.2) is 9.18 Å². The molecule has 2 aliphatic rings. The van der Waals surface area contributed by atoms with Crippen LogP contribution < -0.4 is 9.47 Å². The Morgan fingerprint density at radius 2 is 1.51 bits per heavy atom. The SMILES string of the molecule is CCCCC[C@H]1CC[C@H]([C@H]2CC[C@H](COc3ccc(C(=O)Oc4ccc(C#N)c(F)c4)cc3)CC2)CC1. The number of hydrogen-bond acceptors (Lipinski definition) is 4. The average molecular weight is 506 g/mol. The number of nitriles is 1. The molecule has 5 heteroatoms. The third kappa shape index (κ3) is 7.81. The van der Waals surface area contributed by atoms with Crippen molar-refractivity contribution in [2.75, 3.05) is 6.61 Å². The van der Waals surface area contributed by atoms with Gasteiger partial charge in [0.1, 0.15) is 23.4 Å². The van der Waals surface area contributed by atoms with Crippen molar-refractivity contribution in [1.29, 1.82) is 5.26 Å². The lowest BCUT2D eigenvalue weighted by atomic mass is 9.69. The second-order valence-electron chi connectivity index (χ2n) is 11.0. The molecule has 0 atom stereocenters. The van der Waals surface area contributed by atoms with E-state index in [-0.39, 0.29) is 11.3 Å². The maximum atomic E-state index is 13.7. The number of unbranched alkanes of at least 4 members (excludes halogenated alkanes) is 2. The van der Waals surface area contributed by atoms with E-state index in [4.69, 9.17) is 14.7 Å². The Bertz CT molecular complexity index is 1040. The van der Waals surface area contributed by atoms with Crippen LogP contribution in [0.3, 0.4) is 0 Å². The predicted molar refractivity (Wildman–Crippen MR) is 143 cm³/mol. The Kier molecular flexibility index (Phi) is 9.99. The molecule has 0 amide bonds. The van der Waals surface area contributed by atoms with Gasteiger partial charge in [0.2, 0.25) is 0 Å². The molecule has 0 radical (unpaired) electrons. The summed E-state index contributed by atoms with van der Waals surface area (Å²) in [4.78, 5) is 12.4. The van der Waals surface area contributed by atoms with E-state index in [2.05, 4.69) is 6.92 Å². The molecule has 2 aromatic carbocycles. The highest BCUT2D eigenvalue weighted by atomic mass is 19.1. The number of nitrogens with zero attached hydrogens (tertiary/aromatic N) is 1. The monoisotopic (exact) mass is 505 g/mol. The Morgan fingerprint density at radius 3 is 2.11 bits per heavy atom.